The number of hydrogen-bond donors (Lipinski definition) is 0. The summed E-state index contributed by atoms with van der Waals surface area (Å²) >= 11 is 0. The van der Waals surface area contributed by atoms with E-state index in [0.29, 0.717) is 0 Å². The molecule has 2 aromatic carbocycles. The summed E-state index contributed by atoms with van der Waals surface area (Å²) in [7, 11) is 1.40. The maximum absolute atomic E-state index is 2.48. The Morgan fingerprint density at radius 3 is 2.04 bits per heavy atom. The highest BCUT2D eigenvalue weighted by atomic mass is 31.0. The van der Waals surface area contributed by atoms with Crippen molar-refractivity contribution in [3.8, 4) is 22.0 Å². The normalized spacial score (nSPS) is 20.7. The van der Waals surface area contributed by atoms with Gasteiger partial charge in [-0.3, -0.25) is 0 Å². The van der Waals surface area contributed by atoms with Gasteiger partial charge in [-0.1, -0.05) is 95.0 Å². The molecule has 1 saturated carbocycles. The standard InChI is InChI=1S/C24H25P/c1-18-10-8-9-15-22(18)24-17-21(19-11-4-2-5-12-19)16-23(25-24)20-13-6-3-7-14-20/h2-7,11-14,16-18,22H,8-10,15H2,1H3/t18-,22-/m0/s1. The molecule has 2 atom stereocenters. The van der Waals surface area contributed by atoms with Crippen LogP contribution < -0.4 is 0 Å². The van der Waals surface area contributed by atoms with Crippen LogP contribution in [0.1, 0.15) is 43.8 Å². The zero-order valence-corrected chi connectivity index (χ0v) is 15.8. The van der Waals surface area contributed by atoms with Gasteiger partial charge in [0.2, 0.25) is 0 Å². The molecule has 4 rings (SSSR count). The highest BCUT2D eigenvalue weighted by Gasteiger charge is 2.24. The minimum atomic E-state index is 0.738. The molecule has 0 bridgehead atoms. The van der Waals surface area contributed by atoms with Crippen molar-refractivity contribution in [2.75, 3.05) is 0 Å². The smallest absolute Gasteiger partial charge is 0.00991 e. The topological polar surface area (TPSA) is 0 Å². The lowest BCUT2D eigenvalue weighted by Gasteiger charge is -2.29. The van der Waals surface area contributed by atoms with Gasteiger partial charge in [0.1, 0.15) is 0 Å². The molecule has 126 valence electrons. The van der Waals surface area contributed by atoms with Crippen molar-refractivity contribution in [3.05, 3.63) is 78.1 Å². The van der Waals surface area contributed by atoms with Gasteiger partial charge in [-0.25, -0.2) is 0 Å². The number of benzene rings is 2. The number of rotatable bonds is 3. The lowest BCUT2D eigenvalue weighted by Crippen LogP contribution is -2.13. The van der Waals surface area contributed by atoms with Crippen molar-refractivity contribution < 1.29 is 0 Å². The molecule has 0 aliphatic heterocycles. The van der Waals surface area contributed by atoms with E-state index in [0.717, 1.165) is 11.8 Å². The van der Waals surface area contributed by atoms with E-state index in [9.17, 15) is 0 Å². The monoisotopic (exact) mass is 344 g/mol. The second-order valence-corrected chi connectivity index (χ2v) is 8.49. The first-order valence-electron chi connectivity index (χ1n) is 9.44. The molecular formula is C24H25P. The van der Waals surface area contributed by atoms with Gasteiger partial charge in [0.15, 0.2) is 0 Å². The van der Waals surface area contributed by atoms with Gasteiger partial charge in [-0.05, 0) is 52.4 Å². The average Bonchev–Trinajstić information content (AvgIpc) is 2.69. The third-order valence-corrected chi connectivity index (χ3v) is 6.86. The van der Waals surface area contributed by atoms with E-state index < -0.39 is 0 Å². The highest BCUT2D eigenvalue weighted by Crippen LogP contribution is 2.45. The van der Waals surface area contributed by atoms with Crippen LogP contribution in [0.15, 0.2) is 72.8 Å². The Hall–Kier alpha value is -1.91. The predicted molar refractivity (Wildman–Crippen MR) is 110 cm³/mol. The van der Waals surface area contributed by atoms with E-state index in [1.807, 2.05) is 0 Å². The molecule has 0 amide bonds. The summed E-state index contributed by atoms with van der Waals surface area (Å²) in [4.78, 5) is 0. The zero-order valence-electron chi connectivity index (χ0n) is 14.9. The van der Waals surface area contributed by atoms with Crippen LogP contribution in [0.25, 0.3) is 22.0 Å². The summed E-state index contributed by atoms with van der Waals surface area (Å²) in [5, 5.41) is 3.06. The van der Waals surface area contributed by atoms with Crippen LogP contribution in [0.4, 0.5) is 0 Å². The fraction of sp³-hybridized carbons (Fsp3) is 0.292. The van der Waals surface area contributed by atoms with Crippen LogP contribution >= 0.6 is 8.19 Å². The molecule has 0 saturated heterocycles. The summed E-state index contributed by atoms with van der Waals surface area (Å²) < 4.78 is 0. The molecule has 0 radical (unpaired) electrons. The Morgan fingerprint density at radius 1 is 0.720 bits per heavy atom. The molecule has 1 fully saturated rings. The van der Waals surface area contributed by atoms with Gasteiger partial charge in [0, 0.05) is 5.30 Å². The van der Waals surface area contributed by atoms with Gasteiger partial charge >= 0.3 is 0 Å². The van der Waals surface area contributed by atoms with Crippen LogP contribution in [0.3, 0.4) is 0 Å². The van der Waals surface area contributed by atoms with Crippen molar-refractivity contribution in [3.63, 3.8) is 0 Å². The molecule has 0 N–H and O–H groups in total. The average molecular weight is 344 g/mol. The van der Waals surface area contributed by atoms with Gasteiger partial charge in [0.05, 0.1) is 0 Å². The molecular weight excluding hydrogens is 319 g/mol. The molecule has 1 aromatic heterocycles. The Balaban J connectivity index is 1.83. The van der Waals surface area contributed by atoms with Crippen molar-refractivity contribution >= 4 is 8.19 Å². The Labute approximate surface area is 153 Å². The maximum Gasteiger partial charge on any atom is 0.00991 e. The van der Waals surface area contributed by atoms with Crippen molar-refractivity contribution in [1.29, 1.82) is 0 Å². The first-order chi connectivity index (χ1) is 12.3. The van der Waals surface area contributed by atoms with Crippen molar-refractivity contribution in [2.24, 2.45) is 5.92 Å². The third kappa shape index (κ3) is 3.70. The SMILES string of the molecule is C[C@H]1CCCC[C@@H]1c1cc(-c2ccccc2)cc(-c2ccccc2)p1. The molecule has 1 aliphatic carbocycles. The molecule has 1 heteroatoms. The molecule has 1 aliphatic rings. The fourth-order valence-corrected chi connectivity index (χ4v) is 5.56. The predicted octanol–water partition coefficient (Wildman–Crippen LogP) is 7.89. The van der Waals surface area contributed by atoms with Crippen molar-refractivity contribution in [2.45, 2.75) is 38.5 Å². The zero-order chi connectivity index (χ0) is 17.1. The Kier molecular flexibility index (Phi) is 4.99. The van der Waals surface area contributed by atoms with E-state index in [1.54, 1.807) is 5.30 Å². The maximum atomic E-state index is 2.48. The lowest BCUT2D eigenvalue weighted by atomic mass is 9.79. The van der Waals surface area contributed by atoms with Gasteiger partial charge in [-0.2, -0.15) is 0 Å². The van der Waals surface area contributed by atoms with Gasteiger partial charge < -0.3 is 0 Å². The summed E-state index contributed by atoms with van der Waals surface area (Å²) in [5.41, 5.74) is 4.05. The molecule has 0 unspecified atom stereocenters. The fourth-order valence-electron chi connectivity index (χ4n) is 4.05. The van der Waals surface area contributed by atoms with E-state index >= 15 is 0 Å². The molecule has 0 nitrogen and oxygen atoms in total. The molecule has 1 heterocycles. The van der Waals surface area contributed by atoms with E-state index in [4.69, 9.17) is 0 Å². The van der Waals surface area contributed by atoms with Crippen LogP contribution in [-0.4, -0.2) is 0 Å². The van der Waals surface area contributed by atoms with Crippen LogP contribution in [-0.2, 0) is 0 Å². The summed E-state index contributed by atoms with van der Waals surface area (Å²) in [5.74, 6) is 1.54. The van der Waals surface area contributed by atoms with E-state index in [1.165, 1.54) is 55.9 Å². The minimum absolute atomic E-state index is 0.738. The Bertz CT molecular complexity index is 765. The van der Waals surface area contributed by atoms with Crippen LogP contribution in [0, 0.1) is 5.92 Å². The van der Waals surface area contributed by atoms with E-state index in [-0.39, 0.29) is 0 Å². The van der Waals surface area contributed by atoms with Crippen LogP contribution in [0.5, 0.6) is 0 Å². The van der Waals surface area contributed by atoms with Crippen molar-refractivity contribution in [1.82, 2.24) is 0 Å². The molecule has 25 heavy (non-hydrogen) atoms. The van der Waals surface area contributed by atoms with Gasteiger partial charge in [0.25, 0.3) is 0 Å². The lowest BCUT2D eigenvalue weighted by molar-refractivity contribution is 0.334. The first-order valence-corrected chi connectivity index (χ1v) is 10.3. The van der Waals surface area contributed by atoms with Gasteiger partial charge in [-0.15, -0.1) is 0 Å². The molecule has 3 aromatic rings. The molecule has 0 spiro atoms. The largest absolute Gasteiger partial charge is 0.0639 e. The quantitative estimate of drug-likeness (QED) is 0.453. The Morgan fingerprint density at radius 2 is 1.36 bits per heavy atom. The minimum Gasteiger partial charge on any atom is -0.0639 e. The summed E-state index contributed by atoms with van der Waals surface area (Å²) in [6.45, 7) is 2.45. The highest BCUT2D eigenvalue weighted by molar-refractivity contribution is 7.34. The van der Waals surface area contributed by atoms with Crippen LogP contribution in [0.2, 0.25) is 0 Å². The van der Waals surface area contributed by atoms with E-state index in [2.05, 4.69) is 79.7 Å². The third-order valence-electron chi connectivity index (χ3n) is 5.51. The summed E-state index contributed by atoms with van der Waals surface area (Å²) in [6.07, 6.45) is 5.51. The first kappa shape index (κ1) is 16.6. The second kappa shape index (κ2) is 7.54. The second-order valence-electron chi connectivity index (χ2n) is 7.27. The summed E-state index contributed by atoms with van der Waals surface area (Å²) in [6, 6.07) is 26.6. The number of hydrogen-bond acceptors (Lipinski definition) is 0.